The first-order valence-corrected chi connectivity index (χ1v) is 8.63. The molecule has 0 radical (unpaired) electrons. The predicted octanol–water partition coefficient (Wildman–Crippen LogP) is 1.05. The largest absolute Gasteiger partial charge is 0.373 e. The molecule has 0 aliphatic carbocycles. The summed E-state index contributed by atoms with van der Waals surface area (Å²) in [6.45, 7) is 5.15. The van der Waals surface area contributed by atoms with Gasteiger partial charge in [-0.1, -0.05) is 0 Å². The smallest absolute Gasteiger partial charge is 0.252 e. The van der Waals surface area contributed by atoms with Crippen LogP contribution in [-0.2, 0) is 21.2 Å². The van der Waals surface area contributed by atoms with E-state index < -0.39 is 10.0 Å². The molecule has 0 saturated carbocycles. The van der Waals surface area contributed by atoms with E-state index in [-0.39, 0.29) is 12.2 Å². The summed E-state index contributed by atoms with van der Waals surface area (Å²) in [6.07, 6.45) is 0.583. The van der Waals surface area contributed by atoms with Crippen LogP contribution in [0.5, 0.6) is 0 Å². The summed E-state index contributed by atoms with van der Waals surface area (Å²) in [5.41, 5.74) is 5.49. The number of ether oxygens (including phenoxy) is 1. The Morgan fingerprint density at radius 1 is 1.37 bits per heavy atom. The van der Waals surface area contributed by atoms with Gasteiger partial charge >= 0.3 is 0 Å². The highest BCUT2D eigenvalue weighted by Crippen LogP contribution is 2.27. The Bertz CT molecular complexity index is 517. The van der Waals surface area contributed by atoms with Crippen molar-refractivity contribution < 1.29 is 13.2 Å². The van der Waals surface area contributed by atoms with Crippen molar-refractivity contribution >= 4 is 21.4 Å². The molecule has 7 heteroatoms. The van der Waals surface area contributed by atoms with E-state index in [1.54, 1.807) is 6.07 Å². The molecule has 0 spiro atoms. The minimum atomic E-state index is -3.39. The van der Waals surface area contributed by atoms with Gasteiger partial charge in [-0.3, -0.25) is 0 Å². The van der Waals surface area contributed by atoms with E-state index >= 15 is 0 Å². The van der Waals surface area contributed by atoms with E-state index in [0.717, 1.165) is 11.3 Å². The fraction of sp³-hybridized carbons (Fsp3) is 0.667. The number of nitrogens with two attached hydrogens (primary N) is 1. The lowest BCUT2D eigenvalue weighted by Gasteiger charge is -2.34. The molecule has 1 aromatic rings. The number of sulfonamides is 1. The van der Waals surface area contributed by atoms with Crippen molar-refractivity contribution in [1.29, 1.82) is 0 Å². The van der Waals surface area contributed by atoms with Crippen molar-refractivity contribution in [3.8, 4) is 0 Å². The molecule has 0 amide bonds. The van der Waals surface area contributed by atoms with E-state index in [9.17, 15) is 8.42 Å². The summed E-state index contributed by atoms with van der Waals surface area (Å²) >= 11 is 1.31. The third kappa shape index (κ3) is 3.35. The van der Waals surface area contributed by atoms with Crippen LogP contribution in [0.3, 0.4) is 0 Å². The van der Waals surface area contributed by atoms with Crippen LogP contribution >= 0.6 is 11.3 Å². The summed E-state index contributed by atoms with van der Waals surface area (Å²) in [6, 6.07) is 3.52. The van der Waals surface area contributed by atoms with Crippen LogP contribution in [0.1, 0.15) is 18.7 Å². The average Bonchev–Trinajstić information content (AvgIpc) is 2.77. The molecule has 0 aromatic carbocycles. The van der Waals surface area contributed by atoms with Crippen molar-refractivity contribution in [2.24, 2.45) is 5.73 Å². The molecule has 1 aliphatic rings. The lowest BCUT2D eigenvalue weighted by atomic mass is 10.3. The lowest BCUT2D eigenvalue weighted by Crippen LogP contribution is -2.47. The van der Waals surface area contributed by atoms with Gasteiger partial charge in [0.1, 0.15) is 4.21 Å². The molecule has 0 bridgehead atoms. The van der Waals surface area contributed by atoms with Crippen LogP contribution < -0.4 is 5.73 Å². The topological polar surface area (TPSA) is 72.6 Å². The van der Waals surface area contributed by atoms with E-state index in [0.29, 0.717) is 23.8 Å². The molecule has 108 valence electrons. The maximum atomic E-state index is 12.5. The molecule has 19 heavy (non-hydrogen) atoms. The Morgan fingerprint density at radius 3 is 2.58 bits per heavy atom. The fourth-order valence-corrected chi connectivity index (χ4v) is 5.34. The van der Waals surface area contributed by atoms with Gasteiger partial charge in [-0.25, -0.2) is 8.42 Å². The first-order chi connectivity index (χ1) is 8.93. The highest BCUT2D eigenvalue weighted by atomic mass is 32.2. The zero-order valence-corrected chi connectivity index (χ0v) is 12.8. The highest BCUT2D eigenvalue weighted by Gasteiger charge is 2.32. The molecule has 5 nitrogen and oxygen atoms in total. The summed E-state index contributed by atoms with van der Waals surface area (Å²) < 4.78 is 32.6. The fourth-order valence-electron chi connectivity index (χ4n) is 2.23. The van der Waals surface area contributed by atoms with Crippen LogP contribution in [0, 0.1) is 0 Å². The Hall–Kier alpha value is -0.470. The number of nitrogens with zero attached hydrogens (tertiary/aromatic N) is 1. The molecular weight excluding hydrogens is 284 g/mol. The number of hydrogen-bond donors (Lipinski definition) is 1. The number of morpholine rings is 1. The molecule has 0 unspecified atom stereocenters. The molecule has 1 aromatic heterocycles. The summed E-state index contributed by atoms with van der Waals surface area (Å²) in [4.78, 5) is 1.01. The SMILES string of the molecule is C[C@@H]1CN(S(=O)(=O)c2ccc(CCN)s2)C[C@H](C)O1. The van der Waals surface area contributed by atoms with Crippen molar-refractivity contribution in [3.63, 3.8) is 0 Å². The Balaban J connectivity index is 2.20. The van der Waals surface area contributed by atoms with Crippen molar-refractivity contribution in [2.45, 2.75) is 36.7 Å². The number of hydrogen-bond acceptors (Lipinski definition) is 5. The minimum Gasteiger partial charge on any atom is -0.373 e. The molecule has 1 saturated heterocycles. The molecule has 2 N–H and O–H groups in total. The van der Waals surface area contributed by atoms with Gasteiger partial charge in [0.2, 0.25) is 0 Å². The first kappa shape index (κ1) is 14.9. The second-order valence-electron chi connectivity index (χ2n) is 4.84. The second-order valence-corrected chi connectivity index (χ2v) is 8.17. The molecule has 2 rings (SSSR count). The number of rotatable bonds is 4. The molecule has 2 atom stereocenters. The molecule has 2 heterocycles. The Morgan fingerprint density at radius 2 is 2.00 bits per heavy atom. The van der Waals surface area contributed by atoms with Crippen LogP contribution in [0.4, 0.5) is 0 Å². The van der Waals surface area contributed by atoms with Crippen LogP contribution in [0.2, 0.25) is 0 Å². The van der Waals surface area contributed by atoms with Gasteiger partial charge in [-0.15, -0.1) is 11.3 Å². The van der Waals surface area contributed by atoms with Gasteiger partial charge in [0.15, 0.2) is 0 Å². The van der Waals surface area contributed by atoms with Crippen molar-refractivity contribution in [1.82, 2.24) is 4.31 Å². The van der Waals surface area contributed by atoms with E-state index in [1.165, 1.54) is 15.6 Å². The zero-order valence-electron chi connectivity index (χ0n) is 11.2. The summed E-state index contributed by atoms with van der Waals surface area (Å²) in [7, 11) is -3.39. The quantitative estimate of drug-likeness (QED) is 0.902. The van der Waals surface area contributed by atoms with Crippen LogP contribution in [0.15, 0.2) is 16.3 Å². The monoisotopic (exact) mass is 304 g/mol. The minimum absolute atomic E-state index is 0.0676. The number of thiophene rings is 1. The standard InChI is InChI=1S/C12H20N2O3S2/c1-9-7-14(8-10(2)17-9)19(15,16)12-4-3-11(18-12)5-6-13/h3-4,9-10H,5-8,13H2,1-2H3/t9-,10+. The third-order valence-electron chi connectivity index (χ3n) is 3.01. The maximum absolute atomic E-state index is 12.5. The average molecular weight is 304 g/mol. The third-order valence-corrected chi connectivity index (χ3v) is 6.45. The van der Waals surface area contributed by atoms with Crippen molar-refractivity contribution in [3.05, 3.63) is 17.0 Å². The van der Waals surface area contributed by atoms with Crippen LogP contribution in [0.25, 0.3) is 0 Å². The zero-order chi connectivity index (χ0) is 14.0. The molecule has 1 fully saturated rings. The maximum Gasteiger partial charge on any atom is 0.252 e. The van der Waals surface area contributed by atoms with Crippen molar-refractivity contribution in [2.75, 3.05) is 19.6 Å². The van der Waals surface area contributed by atoms with Gasteiger partial charge in [-0.2, -0.15) is 4.31 Å². The molecular formula is C12H20N2O3S2. The highest BCUT2D eigenvalue weighted by molar-refractivity contribution is 7.91. The van der Waals surface area contributed by atoms with E-state index in [1.807, 2.05) is 19.9 Å². The predicted molar refractivity (Wildman–Crippen MR) is 75.8 cm³/mol. The van der Waals surface area contributed by atoms with E-state index in [2.05, 4.69) is 0 Å². The van der Waals surface area contributed by atoms with Gasteiger partial charge < -0.3 is 10.5 Å². The van der Waals surface area contributed by atoms with E-state index in [4.69, 9.17) is 10.5 Å². The van der Waals surface area contributed by atoms with Gasteiger partial charge in [0.25, 0.3) is 10.0 Å². The van der Waals surface area contributed by atoms with Gasteiger partial charge in [0, 0.05) is 18.0 Å². The normalized spacial score (nSPS) is 25.6. The second kappa shape index (κ2) is 5.88. The first-order valence-electron chi connectivity index (χ1n) is 6.38. The molecule has 1 aliphatic heterocycles. The van der Waals surface area contributed by atoms with Gasteiger partial charge in [0.05, 0.1) is 12.2 Å². The Labute approximate surface area is 118 Å². The Kier molecular flexibility index (Phi) is 4.62. The summed E-state index contributed by atoms with van der Waals surface area (Å²) in [5.74, 6) is 0. The summed E-state index contributed by atoms with van der Waals surface area (Å²) in [5, 5.41) is 0. The van der Waals surface area contributed by atoms with Gasteiger partial charge in [-0.05, 0) is 38.9 Å². The lowest BCUT2D eigenvalue weighted by molar-refractivity contribution is -0.0440. The van der Waals surface area contributed by atoms with Crippen LogP contribution in [-0.4, -0.2) is 44.6 Å².